The minimum Gasteiger partial charge on any atom is -0.483 e. The van der Waals surface area contributed by atoms with E-state index in [9.17, 15) is 0 Å². The molecule has 0 radical (unpaired) electrons. The van der Waals surface area contributed by atoms with Gasteiger partial charge in [-0.25, -0.2) is 0 Å². The van der Waals surface area contributed by atoms with Crippen LogP contribution in [0.2, 0.25) is 0 Å². The maximum Gasteiger partial charge on any atom is 0.132 e. The summed E-state index contributed by atoms with van der Waals surface area (Å²) in [6.07, 6.45) is 5.32. The van der Waals surface area contributed by atoms with Crippen LogP contribution in [-0.2, 0) is 4.74 Å². The van der Waals surface area contributed by atoms with E-state index < -0.39 is 0 Å². The van der Waals surface area contributed by atoms with Gasteiger partial charge < -0.3 is 4.74 Å². The van der Waals surface area contributed by atoms with Gasteiger partial charge in [0.2, 0.25) is 0 Å². The van der Waals surface area contributed by atoms with Crippen LogP contribution in [-0.4, -0.2) is 5.60 Å². The molecule has 0 spiro atoms. The summed E-state index contributed by atoms with van der Waals surface area (Å²) in [5.74, 6) is 1.52. The maximum atomic E-state index is 6.40. The van der Waals surface area contributed by atoms with Crippen molar-refractivity contribution >= 4 is 11.6 Å². The summed E-state index contributed by atoms with van der Waals surface area (Å²) in [4.78, 5) is 0. The van der Waals surface area contributed by atoms with Gasteiger partial charge in [-0.2, -0.15) is 0 Å². The highest BCUT2D eigenvalue weighted by molar-refractivity contribution is 5.78. The number of hydrogen-bond acceptors (Lipinski definition) is 1. The van der Waals surface area contributed by atoms with Gasteiger partial charge in [-0.1, -0.05) is 74.5 Å². The third-order valence-corrected chi connectivity index (χ3v) is 4.19. The molecule has 0 bridgehead atoms. The predicted octanol–water partition coefficient (Wildman–Crippen LogP) is 5.95. The number of allylic oxidation sites excluding steroid dienone is 1. The van der Waals surface area contributed by atoms with Gasteiger partial charge in [-0.3, -0.25) is 0 Å². The molecule has 2 aromatic carbocycles. The lowest BCUT2D eigenvalue weighted by Crippen LogP contribution is -2.28. The lowest BCUT2D eigenvalue weighted by atomic mass is 9.84. The van der Waals surface area contributed by atoms with Crippen LogP contribution in [0.25, 0.3) is 11.6 Å². The average Bonchev–Trinajstić information content (AvgIpc) is 2.84. The third kappa shape index (κ3) is 3.56. The second-order valence-electron chi connectivity index (χ2n) is 6.81. The van der Waals surface area contributed by atoms with Crippen LogP contribution in [0.1, 0.15) is 38.3 Å². The van der Waals surface area contributed by atoms with E-state index in [0.717, 1.165) is 12.2 Å². The van der Waals surface area contributed by atoms with Crippen LogP contribution in [0.3, 0.4) is 0 Å². The van der Waals surface area contributed by atoms with Crippen LogP contribution < -0.4 is 0 Å². The molecular weight excluding hydrogens is 280 g/mol. The topological polar surface area (TPSA) is 9.23 Å². The molecule has 0 aromatic heterocycles. The van der Waals surface area contributed by atoms with Crippen molar-refractivity contribution in [3.8, 4) is 0 Å². The Hall–Kier alpha value is -2.28. The van der Waals surface area contributed by atoms with Crippen LogP contribution in [0.5, 0.6) is 0 Å². The Morgan fingerprint density at radius 2 is 1.57 bits per heavy atom. The van der Waals surface area contributed by atoms with Crippen molar-refractivity contribution in [2.75, 3.05) is 0 Å². The van der Waals surface area contributed by atoms with Gasteiger partial charge in [0, 0.05) is 5.57 Å². The Kier molecular flexibility index (Phi) is 4.38. The first-order valence-corrected chi connectivity index (χ1v) is 8.30. The molecule has 0 fully saturated rings. The van der Waals surface area contributed by atoms with E-state index in [-0.39, 0.29) is 5.60 Å². The summed E-state index contributed by atoms with van der Waals surface area (Å²) in [7, 11) is 0. The minimum atomic E-state index is -0.268. The standard InChI is InChI=1S/C22H24O/c1-17(2)16-22(3)21(19-12-8-5-9-13-19)15-20(23-22)14-18-10-6-4-7-11-18/h4-15,17H,16H2,1-3H3/b20-14-. The summed E-state index contributed by atoms with van der Waals surface area (Å²) in [6.45, 7) is 6.70. The van der Waals surface area contributed by atoms with Crippen molar-refractivity contribution < 1.29 is 4.74 Å². The van der Waals surface area contributed by atoms with Gasteiger partial charge in [0.05, 0.1) is 0 Å². The molecule has 1 heterocycles. The minimum absolute atomic E-state index is 0.268. The fourth-order valence-electron chi connectivity index (χ4n) is 3.36. The normalized spacial score (nSPS) is 22.3. The number of hydrogen-bond donors (Lipinski definition) is 0. The van der Waals surface area contributed by atoms with Crippen molar-refractivity contribution in [1.29, 1.82) is 0 Å². The monoisotopic (exact) mass is 304 g/mol. The first-order chi connectivity index (χ1) is 11.1. The van der Waals surface area contributed by atoms with E-state index in [1.54, 1.807) is 0 Å². The van der Waals surface area contributed by atoms with E-state index in [1.807, 2.05) is 6.07 Å². The van der Waals surface area contributed by atoms with Crippen molar-refractivity contribution in [2.24, 2.45) is 5.92 Å². The molecule has 1 atom stereocenters. The lowest BCUT2D eigenvalue weighted by Gasteiger charge is -2.30. The molecule has 0 amide bonds. The average molecular weight is 304 g/mol. The van der Waals surface area contributed by atoms with E-state index in [1.165, 1.54) is 16.7 Å². The fraction of sp³-hybridized carbons (Fsp3) is 0.273. The Bertz CT molecular complexity index is 710. The molecule has 1 unspecified atom stereocenters. The fourth-order valence-corrected chi connectivity index (χ4v) is 3.36. The predicted molar refractivity (Wildman–Crippen MR) is 97.8 cm³/mol. The van der Waals surface area contributed by atoms with E-state index in [4.69, 9.17) is 4.74 Å². The van der Waals surface area contributed by atoms with Crippen LogP contribution >= 0.6 is 0 Å². The van der Waals surface area contributed by atoms with Crippen LogP contribution in [0.4, 0.5) is 0 Å². The molecule has 23 heavy (non-hydrogen) atoms. The Labute approximate surface area is 139 Å². The molecular formula is C22H24O. The molecule has 0 saturated carbocycles. The van der Waals surface area contributed by atoms with Gasteiger partial charge in [0.25, 0.3) is 0 Å². The zero-order valence-corrected chi connectivity index (χ0v) is 14.1. The molecule has 3 rings (SSSR count). The molecule has 0 saturated heterocycles. The van der Waals surface area contributed by atoms with Gasteiger partial charge in [-0.05, 0) is 42.5 Å². The van der Waals surface area contributed by atoms with E-state index >= 15 is 0 Å². The highest BCUT2D eigenvalue weighted by Gasteiger charge is 2.37. The van der Waals surface area contributed by atoms with Gasteiger partial charge in [-0.15, -0.1) is 0 Å². The highest BCUT2D eigenvalue weighted by atomic mass is 16.5. The molecule has 1 aliphatic heterocycles. The van der Waals surface area contributed by atoms with Crippen molar-refractivity contribution in [3.05, 3.63) is 83.6 Å². The van der Waals surface area contributed by atoms with Crippen molar-refractivity contribution in [3.63, 3.8) is 0 Å². The van der Waals surface area contributed by atoms with E-state index in [2.05, 4.69) is 87.5 Å². The Morgan fingerprint density at radius 1 is 0.957 bits per heavy atom. The Morgan fingerprint density at radius 3 is 2.17 bits per heavy atom. The number of rotatable bonds is 4. The van der Waals surface area contributed by atoms with Gasteiger partial charge >= 0.3 is 0 Å². The van der Waals surface area contributed by atoms with Crippen molar-refractivity contribution in [1.82, 2.24) is 0 Å². The largest absolute Gasteiger partial charge is 0.483 e. The van der Waals surface area contributed by atoms with Crippen LogP contribution in [0, 0.1) is 5.92 Å². The van der Waals surface area contributed by atoms with Crippen LogP contribution in [0.15, 0.2) is 72.5 Å². The second-order valence-corrected chi connectivity index (χ2v) is 6.81. The summed E-state index contributed by atoms with van der Waals surface area (Å²) in [6, 6.07) is 20.9. The molecule has 0 aliphatic carbocycles. The SMILES string of the molecule is CC(C)CC1(C)O/C(=C\c2ccccc2)C=C1c1ccccc1. The first kappa shape index (κ1) is 15.6. The van der Waals surface area contributed by atoms with E-state index in [0.29, 0.717) is 5.92 Å². The third-order valence-electron chi connectivity index (χ3n) is 4.19. The lowest BCUT2D eigenvalue weighted by molar-refractivity contribution is 0.0740. The molecule has 1 aliphatic rings. The zero-order chi connectivity index (χ0) is 16.3. The molecule has 0 N–H and O–H groups in total. The molecule has 1 nitrogen and oxygen atoms in total. The quantitative estimate of drug-likeness (QED) is 0.678. The summed E-state index contributed by atoms with van der Waals surface area (Å²) >= 11 is 0. The number of ether oxygens (including phenoxy) is 1. The first-order valence-electron chi connectivity index (χ1n) is 8.30. The Balaban J connectivity index is 2.00. The highest BCUT2D eigenvalue weighted by Crippen LogP contribution is 2.43. The van der Waals surface area contributed by atoms with Crippen molar-refractivity contribution in [2.45, 2.75) is 32.8 Å². The summed E-state index contributed by atoms with van der Waals surface area (Å²) < 4.78 is 6.40. The molecule has 118 valence electrons. The van der Waals surface area contributed by atoms with Gasteiger partial charge in [0.15, 0.2) is 0 Å². The summed E-state index contributed by atoms with van der Waals surface area (Å²) in [5, 5.41) is 0. The maximum absolute atomic E-state index is 6.40. The number of benzene rings is 2. The zero-order valence-electron chi connectivity index (χ0n) is 14.1. The second kappa shape index (κ2) is 6.45. The molecule has 2 aromatic rings. The summed E-state index contributed by atoms with van der Waals surface area (Å²) in [5.41, 5.74) is 3.41. The molecule has 1 heteroatoms. The smallest absolute Gasteiger partial charge is 0.132 e. The van der Waals surface area contributed by atoms with Gasteiger partial charge in [0.1, 0.15) is 11.4 Å².